The first-order chi connectivity index (χ1) is 21.0. The van der Waals surface area contributed by atoms with Crippen LogP contribution in [0, 0.1) is 0 Å². The summed E-state index contributed by atoms with van der Waals surface area (Å²) >= 11 is 1.90. The minimum absolute atomic E-state index is 0.0389. The zero-order valence-electron chi connectivity index (χ0n) is 25.8. The molecule has 5 N–H and O–H groups in total. The molecule has 0 aromatic carbocycles. The maximum absolute atomic E-state index is 12.0. The van der Waals surface area contributed by atoms with Crippen LogP contribution in [0.2, 0.25) is 0 Å². The van der Waals surface area contributed by atoms with Crippen LogP contribution in [-0.2, 0) is 33.3 Å². The first-order valence-electron chi connectivity index (χ1n) is 15.7. The van der Waals surface area contributed by atoms with Crippen molar-refractivity contribution in [2.75, 3.05) is 78.7 Å². The van der Waals surface area contributed by atoms with Gasteiger partial charge in [0.2, 0.25) is 17.7 Å². The Morgan fingerprint density at radius 3 is 1.77 bits per heavy atom. The molecule has 43 heavy (non-hydrogen) atoms. The molecule has 2 rings (SSSR count). The molecule has 0 aliphatic carbocycles. The predicted octanol–water partition coefficient (Wildman–Crippen LogP) is 1.10. The topological polar surface area (TPSA) is 165 Å². The third kappa shape index (κ3) is 18.3. The molecule has 0 aromatic heterocycles. The fraction of sp³-hybridized carbons (Fsp3) is 0.862. The average molecular weight is 632 g/mol. The van der Waals surface area contributed by atoms with E-state index in [4.69, 9.17) is 18.9 Å². The van der Waals surface area contributed by atoms with E-state index < -0.39 is 0 Å². The van der Waals surface area contributed by atoms with Crippen molar-refractivity contribution in [3.63, 3.8) is 0 Å². The minimum atomic E-state index is -0.0593. The summed E-state index contributed by atoms with van der Waals surface area (Å²) in [5.74, 6) is 0.942. The van der Waals surface area contributed by atoms with E-state index in [9.17, 15) is 19.2 Å². The van der Waals surface area contributed by atoms with E-state index in [-0.39, 0.29) is 35.8 Å². The molecule has 14 heteroatoms. The highest BCUT2D eigenvalue weighted by Crippen LogP contribution is 2.33. The van der Waals surface area contributed by atoms with E-state index in [1.54, 1.807) is 7.11 Å². The minimum Gasteiger partial charge on any atom is -0.385 e. The third-order valence-corrected chi connectivity index (χ3v) is 8.56. The van der Waals surface area contributed by atoms with Crippen LogP contribution < -0.4 is 26.6 Å². The molecule has 248 valence electrons. The average Bonchev–Trinajstić information content (AvgIpc) is 3.54. The van der Waals surface area contributed by atoms with Gasteiger partial charge in [-0.15, -0.1) is 0 Å². The first-order valence-corrected chi connectivity index (χ1v) is 16.8. The maximum atomic E-state index is 12.0. The van der Waals surface area contributed by atoms with Gasteiger partial charge in [-0.05, 0) is 38.5 Å². The SMILES string of the molecule is COCCCNC(=O)CCCC(=O)NCCCOCCOCCOCCCNC(=O)CCCC[C@@H]1SCC2NC(=O)N[C@@H]21. The van der Waals surface area contributed by atoms with Gasteiger partial charge in [0.1, 0.15) is 0 Å². The van der Waals surface area contributed by atoms with Crippen LogP contribution >= 0.6 is 11.8 Å². The van der Waals surface area contributed by atoms with Gasteiger partial charge < -0.3 is 45.5 Å². The highest BCUT2D eigenvalue weighted by molar-refractivity contribution is 8.00. The molecule has 3 atom stereocenters. The summed E-state index contributed by atoms with van der Waals surface area (Å²) in [6.07, 6.45) is 6.84. The standard InChI is InChI=1S/C29H53N5O8S/c1-39-15-5-12-30-26(36)10-4-11-27(37)32-14-7-17-41-19-21-42-20-18-40-16-6-13-31-25(35)9-3-2-8-24-28-23(22-43-24)33-29(38)34-28/h23-24,28H,2-22H2,1H3,(H,30,36)(H,31,35)(H,32,37)(H2,33,34,38)/t23?,24-,28-/m0/s1. The normalized spacial score (nSPS) is 19.0. The monoisotopic (exact) mass is 631 g/mol. The number of rotatable bonds is 27. The van der Waals surface area contributed by atoms with E-state index in [1.807, 2.05) is 11.8 Å². The number of carbonyl (C=O) groups excluding carboxylic acids is 4. The van der Waals surface area contributed by atoms with Gasteiger partial charge in [-0.2, -0.15) is 11.8 Å². The highest BCUT2D eigenvalue weighted by atomic mass is 32.2. The van der Waals surface area contributed by atoms with Crippen LogP contribution in [0.15, 0.2) is 0 Å². The van der Waals surface area contributed by atoms with Gasteiger partial charge in [0.15, 0.2) is 0 Å². The zero-order chi connectivity index (χ0) is 31.0. The molecule has 1 unspecified atom stereocenters. The molecule has 0 aromatic rings. The second-order valence-corrected chi connectivity index (χ2v) is 11.9. The zero-order valence-corrected chi connectivity index (χ0v) is 26.6. The third-order valence-electron chi connectivity index (χ3n) is 7.05. The molecular formula is C29H53N5O8S. The van der Waals surface area contributed by atoms with Crippen molar-refractivity contribution >= 4 is 35.5 Å². The quantitative estimate of drug-likeness (QED) is 0.0659. The molecule has 2 aliphatic heterocycles. The maximum Gasteiger partial charge on any atom is 0.315 e. The largest absolute Gasteiger partial charge is 0.385 e. The van der Waals surface area contributed by atoms with Gasteiger partial charge >= 0.3 is 6.03 Å². The fourth-order valence-electron chi connectivity index (χ4n) is 4.74. The molecule has 2 heterocycles. The van der Waals surface area contributed by atoms with Gasteiger partial charge in [-0.25, -0.2) is 4.79 Å². The van der Waals surface area contributed by atoms with Crippen molar-refractivity contribution in [2.45, 2.75) is 81.5 Å². The first kappa shape index (κ1) is 37.1. The van der Waals surface area contributed by atoms with Crippen LogP contribution in [0.4, 0.5) is 4.79 Å². The Bertz CT molecular complexity index is 809. The molecule has 0 radical (unpaired) electrons. The van der Waals surface area contributed by atoms with E-state index >= 15 is 0 Å². The molecule has 13 nitrogen and oxygen atoms in total. The molecule has 0 bridgehead atoms. The Kier molecular flexibility index (Phi) is 20.9. The molecule has 0 spiro atoms. The van der Waals surface area contributed by atoms with E-state index in [1.165, 1.54) is 0 Å². The Morgan fingerprint density at radius 2 is 1.21 bits per heavy atom. The molecule has 2 saturated heterocycles. The summed E-state index contributed by atoms with van der Waals surface area (Å²) in [6, 6.07) is 0.416. The lowest BCUT2D eigenvalue weighted by atomic mass is 10.0. The van der Waals surface area contributed by atoms with Crippen LogP contribution in [0.5, 0.6) is 0 Å². The number of hydrogen-bond donors (Lipinski definition) is 5. The van der Waals surface area contributed by atoms with Gasteiger partial charge in [-0.1, -0.05) is 6.42 Å². The van der Waals surface area contributed by atoms with Gasteiger partial charge in [-0.3, -0.25) is 14.4 Å². The van der Waals surface area contributed by atoms with E-state index in [2.05, 4.69) is 26.6 Å². The Hall–Kier alpha value is -2.13. The number of fused-ring (bicyclic) bond motifs is 1. The van der Waals surface area contributed by atoms with Crippen molar-refractivity contribution in [3.8, 4) is 0 Å². The summed E-state index contributed by atoms with van der Waals surface area (Å²) in [7, 11) is 1.63. The van der Waals surface area contributed by atoms with Crippen molar-refractivity contribution in [3.05, 3.63) is 0 Å². The number of nitrogens with one attached hydrogen (secondary N) is 5. The highest BCUT2D eigenvalue weighted by Gasteiger charge is 2.42. The van der Waals surface area contributed by atoms with Crippen LogP contribution in [0.3, 0.4) is 0 Å². The molecule has 2 fully saturated rings. The summed E-state index contributed by atoms with van der Waals surface area (Å²) in [5, 5.41) is 15.0. The van der Waals surface area contributed by atoms with E-state index in [0.717, 1.165) is 37.9 Å². The lowest BCUT2D eigenvalue weighted by Crippen LogP contribution is -2.36. The Labute approximate surface area is 260 Å². The van der Waals surface area contributed by atoms with Crippen LogP contribution in [-0.4, -0.2) is 120 Å². The van der Waals surface area contributed by atoms with Crippen molar-refractivity contribution in [1.82, 2.24) is 26.6 Å². The summed E-state index contributed by atoms with van der Waals surface area (Å²) < 4.78 is 21.5. The molecule has 2 aliphatic rings. The number of methoxy groups -OCH3 is 1. The lowest BCUT2D eigenvalue weighted by Gasteiger charge is -2.16. The number of hydrogen-bond acceptors (Lipinski definition) is 9. The number of urea groups is 1. The summed E-state index contributed by atoms with van der Waals surface area (Å²) in [4.78, 5) is 47.0. The number of unbranched alkanes of at least 4 members (excludes halogenated alkanes) is 1. The fourth-order valence-corrected chi connectivity index (χ4v) is 6.28. The molecule has 0 saturated carbocycles. The smallest absolute Gasteiger partial charge is 0.315 e. The van der Waals surface area contributed by atoms with Crippen molar-refractivity contribution in [1.29, 1.82) is 0 Å². The number of ether oxygens (including phenoxy) is 4. The number of thioether (sulfide) groups is 1. The van der Waals surface area contributed by atoms with Gasteiger partial charge in [0, 0.05) is 76.8 Å². The predicted molar refractivity (Wildman–Crippen MR) is 165 cm³/mol. The molecular weight excluding hydrogens is 578 g/mol. The van der Waals surface area contributed by atoms with Gasteiger partial charge in [0.25, 0.3) is 0 Å². The molecule has 5 amide bonds. The Balaban J connectivity index is 1.24. The van der Waals surface area contributed by atoms with E-state index in [0.29, 0.717) is 103 Å². The number of carbonyl (C=O) groups is 4. The van der Waals surface area contributed by atoms with Crippen LogP contribution in [0.1, 0.15) is 64.2 Å². The second-order valence-electron chi connectivity index (χ2n) is 10.7. The van der Waals surface area contributed by atoms with Crippen LogP contribution in [0.25, 0.3) is 0 Å². The van der Waals surface area contributed by atoms with Crippen molar-refractivity contribution in [2.24, 2.45) is 0 Å². The van der Waals surface area contributed by atoms with Crippen molar-refractivity contribution < 1.29 is 38.1 Å². The number of amides is 5. The van der Waals surface area contributed by atoms with Gasteiger partial charge in [0.05, 0.1) is 38.5 Å². The second kappa shape index (κ2) is 24.2. The Morgan fingerprint density at radius 1 is 0.698 bits per heavy atom. The summed E-state index contributed by atoms with van der Waals surface area (Å²) in [5.41, 5.74) is 0. The lowest BCUT2D eigenvalue weighted by molar-refractivity contribution is -0.123. The summed E-state index contributed by atoms with van der Waals surface area (Å²) in [6.45, 7) is 5.38.